The van der Waals surface area contributed by atoms with Crippen LogP contribution in [0.2, 0.25) is 0 Å². The van der Waals surface area contributed by atoms with Crippen LogP contribution >= 0.6 is 0 Å². The average Bonchev–Trinajstić information content (AvgIpc) is 2.65. The largest absolute Gasteiger partial charge is 0.494 e. The van der Waals surface area contributed by atoms with E-state index in [0.717, 1.165) is 37.6 Å². The number of hydrogen-bond donors (Lipinski definition) is 2. The Balaban J connectivity index is 1.68. The second-order valence-electron chi connectivity index (χ2n) is 6.96. The summed E-state index contributed by atoms with van der Waals surface area (Å²) in [6, 6.07) is 14.8. The van der Waals surface area contributed by atoms with Gasteiger partial charge >= 0.3 is 0 Å². The molecule has 2 rings (SSSR count). The highest BCUT2D eigenvalue weighted by Crippen LogP contribution is 2.18. The summed E-state index contributed by atoms with van der Waals surface area (Å²) in [7, 11) is 0. The molecule has 0 amide bonds. The van der Waals surface area contributed by atoms with Gasteiger partial charge in [-0.15, -0.1) is 0 Å². The zero-order chi connectivity index (χ0) is 18.6. The fourth-order valence-corrected chi connectivity index (χ4v) is 2.92. The first-order valence-corrected chi connectivity index (χ1v) is 9.97. The van der Waals surface area contributed by atoms with E-state index in [4.69, 9.17) is 4.74 Å². The summed E-state index contributed by atoms with van der Waals surface area (Å²) in [4.78, 5) is 0. The van der Waals surface area contributed by atoms with Crippen LogP contribution in [0.1, 0.15) is 50.2 Å². The van der Waals surface area contributed by atoms with E-state index in [-0.39, 0.29) is 0 Å². The molecule has 0 heterocycles. The maximum Gasteiger partial charge on any atom is 0.121 e. The Kier molecular flexibility index (Phi) is 8.88. The molecule has 2 N–H and O–H groups in total. The monoisotopic (exact) mass is 354 g/mol. The second kappa shape index (κ2) is 11.5. The normalized spacial score (nSPS) is 10.6. The van der Waals surface area contributed by atoms with Crippen LogP contribution in [0.4, 0.5) is 11.4 Å². The maximum absolute atomic E-state index is 5.88. The van der Waals surface area contributed by atoms with Gasteiger partial charge in [-0.2, -0.15) is 0 Å². The van der Waals surface area contributed by atoms with Crippen molar-refractivity contribution in [3.8, 4) is 5.75 Å². The van der Waals surface area contributed by atoms with E-state index in [1.807, 2.05) is 12.1 Å². The highest BCUT2D eigenvalue weighted by molar-refractivity contribution is 5.53. The highest BCUT2D eigenvalue weighted by atomic mass is 16.5. The number of ether oxygens (including phenoxy) is 1. The molecule has 3 nitrogen and oxygen atoms in total. The molecule has 0 radical (unpaired) electrons. The van der Waals surface area contributed by atoms with Crippen molar-refractivity contribution < 1.29 is 4.74 Å². The van der Waals surface area contributed by atoms with Crippen LogP contribution < -0.4 is 15.4 Å². The van der Waals surface area contributed by atoms with Crippen molar-refractivity contribution in [2.45, 2.75) is 52.9 Å². The van der Waals surface area contributed by atoms with Crippen molar-refractivity contribution >= 4 is 11.4 Å². The van der Waals surface area contributed by atoms with Gasteiger partial charge in [0.2, 0.25) is 0 Å². The number of rotatable bonds is 12. The van der Waals surface area contributed by atoms with Crippen molar-refractivity contribution in [2.24, 2.45) is 0 Å². The molecule has 0 spiro atoms. The molecular weight excluding hydrogens is 320 g/mol. The van der Waals surface area contributed by atoms with Crippen molar-refractivity contribution in [1.82, 2.24) is 0 Å². The van der Waals surface area contributed by atoms with Gasteiger partial charge in [0.05, 0.1) is 6.61 Å². The average molecular weight is 355 g/mol. The molecule has 2 aromatic carbocycles. The summed E-state index contributed by atoms with van der Waals surface area (Å²) in [6.45, 7) is 9.06. The van der Waals surface area contributed by atoms with Crippen molar-refractivity contribution in [3.05, 3.63) is 53.6 Å². The summed E-state index contributed by atoms with van der Waals surface area (Å²) in [5, 5.41) is 6.97. The molecule has 142 valence electrons. The summed E-state index contributed by atoms with van der Waals surface area (Å²) < 4.78 is 5.88. The zero-order valence-corrected chi connectivity index (χ0v) is 16.6. The van der Waals surface area contributed by atoms with Gasteiger partial charge in [-0.3, -0.25) is 0 Å². The number of benzene rings is 2. The van der Waals surface area contributed by atoms with Crippen molar-refractivity contribution in [2.75, 3.05) is 30.3 Å². The molecule has 0 bridgehead atoms. The smallest absolute Gasteiger partial charge is 0.121 e. The quantitative estimate of drug-likeness (QED) is 0.447. The number of unbranched alkanes of at least 4 members (excludes halogenated alkanes) is 4. The fourth-order valence-electron chi connectivity index (χ4n) is 2.92. The van der Waals surface area contributed by atoms with Crippen LogP contribution in [0, 0.1) is 13.8 Å². The minimum atomic E-state index is 0.807. The predicted molar refractivity (Wildman–Crippen MR) is 114 cm³/mol. The summed E-state index contributed by atoms with van der Waals surface area (Å²) in [6.07, 6.45) is 6.32. The molecule has 0 aliphatic heterocycles. The Bertz CT molecular complexity index is 654. The SMILES string of the molecule is CCCCCCCOc1cccc(NCCNc2cc(C)ccc2C)c1. The Morgan fingerprint density at radius 3 is 2.50 bits per heavy atom. The van der Waals surface area contributed by atoms with Crippen LogP contribution in [0.5, 0.6) is 5.75 Å². The molecule has 0 atom stereocenters. The lowest BCUT2D eigenvalue weighted by Gasteiger charge is -2.13. The Labute approximate surface area is 159 Å². The fraction of sp³-hybridized carbons (Fsp3) is 0.478. The van der Waals surface area contributed by atoms with E-state index < -0.39 is 0 Å². The second-order valence-corrected chi connectivity index (χ2v) is 6.96. The maximum atomic E-state index is 5.88. The molecule has 0 aliphatic carbocycles. The van der Waals surface area contributed by atoms with Gasteiger partial charge in [0.1, 0.15) is 5.75 Å². The first-order chi connectivity index (χ1) is 12.7. The summed E-state index contributed by atoms with van der Waals surface area (Å²) >= 11 is 0. The third-order valence-electron chi connectivity index (χ3n) is 4.51. The zero-order valence-electron chi connectivity index (χ0n) is 16.6. The van der Waals surface area contributed by atoms with Gasteiger partial charge in [-0.05, 0) is 49.6 Å². The summed E-state index contributed by atoms with van der Waals surface area (Å²) in [5.74, 6) is 0.952. The van der Waals surface area contributed by atoms with Crippen LogP contribution in [-0.2, 0) is 0 Å². The Morgan fingerprint density at radius 1 is 0.846 bits per heavy atom. The standard InChI is InChI=1S/C23H34N2O/c1-4-5-6-7-8-16-26-22-11-9-10-21(18-22)24-14-15-25-23-17-19(2)12-13-20(23)3/h9-13,17-18,24-25H,4-8,14-16H2,1-3H3. The van der Waals surface area contributed by atoms with Gasteiger partial charge in [-0.25, -0.2) is 0 Å². The first-order valence-electron chi connectivity index (χ1n) is 9.97. The van der Waals surface area contributed by atoms with Gasteiger partial charge in [0.15, 0.2) is 0 Å². The lowest BCUT2D eigenvalue weighted by molar-refractivity contribution is 0.304. The van der Waals surface area contributed by atoms with E-state index in [1.165, 1.54) is 42.5 Å². The van der Waals surface area contributed by atoms with Crippen LogP contribution in [0.25, 0.3) is 0 Å². The molecule has 2 aromatic rings. The minimum Gasteiger partial charge on any atom is -0.494 e. The van der Waals surface area contributed by atoms with Crippen LogP contribution in [0.3, 0.4) is 0 Å². The molecular formula is C23H34N2O. The van der Waals surface area contributed by atoms with Crippen LogP contribution in [0.15, 0.2) is 42.5 Å². The van der Waals surface area contributed by atoms with Gasteiger partial charge in [-0.1, -0.05) is 50.8 Å². The van der Waals surface area contributed by atoms with Gasteiger partial charge in [0, 0.05) is 30.5 Å². The Hall–Kier alpha value is -2.16. The predicted octanol–water partition coefficient (Wildman–Crippen LogP) is 6.18. The van der Waals surface area contributed by atoms with Gasteiger partial charge in [0.25, 0.3) is 0 Å². The van der Waals surface area contributed by atoms with Crippen LogP contribution in [-0.4, -0.2) is 19.7 Å². The molecule has 3 heteroatoms. The molecule has 0 fully saturated rings. The molecule has 0 saturated heterocycles. The molecule has 26 heavy (non-hydrogen) atoms. The Morgan fingerprint density at radius 2 is 1.65 bits per heavy atom. The molecule has 0 unspecified atom stereocenters. The first kappa shape index (κ1) is 20.2. The minimum absolute atomic E-state index is 0.807. The molecule has 0 aromatic heterocycles. The highest BCUT2D eigenvalue weighted by Gasteiger charge is 1.99. The van der Waals surface area contributed by atoms with Crippen molar-refractivity contribution in [3.63, 3.8) is 0 Å². The lowest BCUT2D eigenvalue weighted by Crippen LogP contribution is -2.14. The van der Waals surface area contributed by atoms with E-state index in [0.29, 0.717) is 0 Å². The molecule has 0 saturated carbocycles. The van der Waals surface area contributed by atoms with Crippen molar-refractivity contribution in [1.29, 1.82) is 0 Å². The number of aryl methyl sites for hydroxylation is 2. The number of nitrogens with one attached hydrogen (secondary N) is 2. The summed E-state index contributed by atoms with van der Waals surface area (Å²) in [5.41, 5.74) is 4.89. The van der Waals surface area contributed by atoms with E-state index in [9.17, 15) is 0 Å². The third kappa shape index (κ3) is 7.38. The number of anilines is 2. The topological polar surface area (TPSA) is 33.3 Å². The lowest BCUT2D eigenvalue weighted by atomic mass is 10.1. The molecule has 0 aliphatic rings. The van der Waals surface area contributed by atoms with E-state index in [2.05, 4.69) is 61.7 Å². The van der Waals surface area contributed by atoms with E-state index in [1.54, 1.807) is 0 Å². The number of hydrogen-bond acceptors (Lipinski definition) is 3. The van der Waals surface area contributed by atoms with Gasteiger partial charge < -0.3 is 15.4 Å². The third-order valence-corrected chi connectivity index (χ3v) is 4.51. The van der Waals surface area contributed by atoms with E-state index >= 15 is 0 Å².